The fraction of sp³-hybridized carbons (Fsp3) is 0.200. The zero-order chi connectivity index (χ0) is 15.2. The molecule has 0 atom stereocenters. The van der Waals surface area contributed by atoms with Crippen molar-refractivity contribution in [1.29, 1.82) is 0 Å². The third-order valence-electron chi connectivity index (χ3n) is 3.16. The molecule has 0 aliphatic rings. The lowest BCUT2D eigenvalue weighted by atomic mass is 10.1. The molecule has 2 aromatic carbocycles. The Morgan fingerprint density at radius 2 is 1.90 bits per heavy atom. The van der Waals surface area contributed by atoms with Crippen LogP contribution in [0.25, 0.3) is 0 Å². The van der Waals surface area contributed by atoms with Gasteiger partial charge in [-0.1, -0.05) is 18.2 Å². The largest absolute Gasteiger partial charge is 0.496 e. The first-order chi connectivity index (χ1) is 10.1. The monoisotopic (exact) mass is 287 g/mol. The standard InChI is InChI=1S/C15H17N3O3/c1-21-15-5-3-2-4-12(15)10-17-9-11-6-7-13(18(19)20)8-14(11)16/h2-8,17H,9-10,16H2,1H3. The number of nitro benzene ring substituents is 1. The Morgan fingerprint density at radius 3 is 2.57 bits per heavy atom. The summed E-state index contributed by atoms with van der Waals surface area (Å²) in [5.41, 5.74) is 8.11. The van der Waals surface area contributed by atoms with E-state index in [9.17, 15) is 10.1 Å². The highest BCUT2D eigenvalue weighted by Gasteiger charge is 2.08. The summed E-state index contributed by atoms with van der Waals surface area (Å²) >= 11 is 0. The van der Waals surface area contributed by atoms with Crippen molar-refractivity contribution in [2.24, 2.45) is 0 Å². The molecular weight excluding hydrogens is 270 g/mol. The molecule has 0 unspecified atom stereocenters. The predicted molar refractivity (Wildman–Crippen MR) is 81.0 cm³/mol. The molecule has 0 aromatic heterocycles. The quantitative estimate of drug-likeness (QED) is 0.484. The molecule has 2 aromatic rings. The number of non-ortho nitro benzene ring substituents is 1. The lowest BCUT2D eigenvalue weighted by molar-refractivity contribution is -0.384. The van der Waals surface area contributed by atoms with Crippen LogP contribution >= 0.6 is 0 Å². The second kappa shape index (κ2) is 6.71. The number of para-hydroxylation sites is 1. The average molecular weight is 287 g/mol. The van der Waals surface area contributed by atoms with Crippen molar-refractivity contribution in [2.45, 2.75) is 13.1 Å². The molecule has 0 aliphatic heterocycles. The third-order valence-corrected chi connectivity index (χ3v) is 3.16. The number of nitrogens with two attached hydrogens (primary N) is 1. The van der Waals surface area contributed by atoms with Crippen molar-refractivity contribution in [1.82, 2.24) is 5.32 Å². The van der Waals surface area contributed by atoms with Crippen molar-refractivity contribution in [2.75, 3.05) is 12.8 Å². The van der Waals surface area contributed by atoms with Crippen LogP contribution in [-0.2, 0) is 13.1 Å². The highest BCUT2D eigenvalue weighted by molar-refractivity contribution is 5.53. The maximum absolute atomic E-state index is 10.7. The van der Waals surface area contributed by atoms with Crippen LogP contribution in [0.5, 0.6) is 5.75 Å². The number of ether oxygens (including phenoxy) is 1. The van der Waals surface area contributed by atoms with Gasteiger partial charge in [0.25, 0.3) is 5.69 Å². The van der Waals surface area contributed by atoms with E-state index in [1.807, 2.05) is 24.3 Å². The number of hydrogen-bond acceptors (Lipinski definition) is 5. The highest BCUT2D eigenvalue weighted by Crippen LogP contribution is 2.20. The zero-order valence-corrected chi connectivity index (χ0v) is 11.7. The van der Waals surface area contributed by atoms with E-state index in [4.69, 9.17) is 10.5 Å². The molecule has 21 heavy (non-hydrogen) atoms. The van der Waals surface area contributed by atoms with Gasteiger partial charge in [0.2, 0.25) is 0 Å². The molecule has 110 valence electrons. The number of rotatable bonds is 6. The maximum Gasteiger partial charge on any atom is 0.271 e. The van der Waals surface area contributed by atoms with Gasteiger partial charge in [-0.2, -0.15) is 0 Å². The van der Waals surface area contributed by atoms with Crippen LogP contribution in [0.3, 0.4) is 0 Å². The van der Waals surface area contributed by atoms with E-state index >= 15 is 0 Å². The van der Waals surface area contributed by atoms with E-state index in [-0.39, 0.29) is 5.69 Å². The second-order valence-corrected chi connectivity index (χ2v) is 4.56. The Morgan fingerprint density at radius 1 is 1.19 bits per heavy atom. The van der Waals surface area contributed by atoms with Gasteiger partial charge in [0.05, 0.1) is 12.0 Å². The number of hydrogen-bond donors (Lipinski definition) is 2. The fourth-order valence-electron chi connectivity index (χ4n) is 2.04. The second-order valence-electron chi connectivity index (χ2n) is 4.56. The van der Waals surface area contributed by atoms with Crippen molar-refractivity contribution in [3.63, 3.8) is 0 Å². The maximum atomic E-state index is 10.7. The first-order valence-electron chi connectivity index (χ1n) is 6.47. The number of nitrogen functional groups attached to an aromatic ring is 1. The van der Waals surface area contributed by atoms with Crippen LogP contribution in [0, 0.1) is 10.1 Å². The molecule has 0 spiro atoms. The van der Waals surface area contributed by atoms with E-state index in [0.717, 1.165) is 16.9 Å². The molecule has 6 nitrogen and oxygen atoms in total. The van der Waals surface area contributed by atoms with Gasteiger partial charge in [0, 0.05) is 36.5 Å². The fourth-order valence-corrected chi connectivity index (χ4v) is 2.04. The highest BCUT2D eigenvalue weighted by atomic mass is 16.6. The minimum Gasteiger partial charge on any atom is -0.496 e. The summed E-state index contributed by atoms with van der Waals surface area (Å²) in [6.07, 6.45) is 0. The van der Waals surface area contributed by atoms with Gasteiger partial charge in [-0.3, -0.25) is 10.1 Å². The Labute approximate surface area is 122 Å². The van der Waals surface area contributed by atoms with Gasteiger partial charge in [-0.25, -0.2) is 0 Å². The average Bonchev–Trinajstić information content (AvgIpc) is 2.49. The number of anilines is 1. The number of methoxy groups -OCH3 is 1. The summed E-state index contributed by atoms with van der Waals surface area (Å²) in [5, 5.41) is 13.9. The molecule has 0 aliphatic carbocycles. The van der Waals surface area contributed by atoms with Crippen LogP contribution in [0.4, 0.5) is 11.4 Å². The molecule has 3 N–H and O–H groups in total. The molecule has 0 saturated carbocycles. The van der Waals surface area contributed by atoms with Crippen molar-refractivity contribution < 1.29 is 9.66 Å². The van der Waals surface area contributed by atoms with Crippen molar-refractivity contribution in [3.05, 3.63) is 63.7 Å². The van der Waals surface area contributed by atoms with E-state index in [2.05, 4.69) is 5.32 Å². The molecule has 0 bridgehead atoms. The van der Waals surface area contributed by atoms with Gasteiger partial charge in [0.1, 0.15) is 5.75 Å². The van der Waals surface area contributed by atoms with E-state index < -0.39 is 4.92 Å². The summed E-state index contributed by atoms with van der Waals surface area (Å²) in [7, 11) is 1.63. The van der Waals surface area contributed by atoms with Gasteiger partial charge >= 0.3 is 0 Å². The molecule has 0 radical (unpaired) electrons. The van der Waals surface area contributed by atoms with Gasteiger partial charge in [-0.15, -0.1) is 0 Å². The summed E-state index contributed by atoms with van der Waals surface area (Å²) in [6, 6.07) is 12.2. The molecular formula is C15H17N3O3. The molecule has 0 fully saturated rings. The van der Waals surface area contributed by atoms with Crippen LogP contribution in [-0.4, -0.2) is 12.0 Å². The van der Waals surface area contributed by atoms with Gasteiger partial charge in [-0.05, 0) is 17.7 Å². The minimum absolute atomic E-state index is 0.000906. The Hall–Kier alpha value is -2.60. The minimum atomic E-state index is -0.456. The molecule has 0 amide bonds. The smallest absolute Gasteiger partial charge is 0.271 e. The Balaban J connectivity index is 1.99. The Kier molecular flexibility index (Phi) is 4.73. The molecule has 0 saturated heterocycles. The SMILES string of the molecule is COc1ccccc1CNCc1ccc([N+](=O)[O-])cc1N. The van der Waals surface area contributed by atoms with E-state index in [1.54, 1.807) is 13.2 Å². The summed E-state index contributed by atoms with van der Waals surface area (Å²) in [4.78, 5) is 10.2. The zero-order valence-electron chi connectivity index (χ0n) is 11.7. The third kappa shape index (κ3) is 3.70. The van der Waals surface area contributed by atoms with Crippen molar-refractivity contribution >= 4 is 11.4 Å². The summed E-state index contributed by atoms with van der Waals surface area (Å²) in [5.74, 6) is 0.821. The number of benzene rings is 2. The topological polar surface area (TPSA) is 90.4 Å². The van der Waals surface area contributed by atoms with Crippen LogP contribution in [0.2, 0.25) is 0 Å². The first kappa shape index (κ1) is 14.8. The van der Waals surface area contributed by atoms with E-state index in [0.29, 0.717) is 18.8 Å². The summed E-state index contributed by atoms with van der Waals surface area (Å²) in [6.45, 7) is 1.16. The molecule has 0 heterocycles. The van der Waals surface area contributed by atoms with Gasteiger partial charge < -0.3 is 15.8 Å². The van der Waals surface area contributed by atoms with Crippen LogP contribution in [0.1, 0.15) is 11.1 Å². The van der Waals surface area contributed by atoms with Crippen LogP contribution < -0.4 is 15.8 Å². The Bertz CT molecular complexity index is 644. The van der Waals surface area contributed by atoms with Crippen molar-refractivity contribution in [3.8, 4) is 5.75 Å². The number of nitro groups is 1. The number of nitrogens with one attached hydrogen (secondary N) is 1. The summed E-state index contributed by atoms with van der Waals surface area (Å²) < 4.78 is 5.27. The number of nitrogens with zero attached hydrogens (tertiary/aromatic N) is 1. The van der Waals surface area contributed by atoms with Crippen LogP contribution in [0.15, 0.2) is 42.5 Å². The normalized spacial score (nSPS) is 10.3. The first-order valence-corrected chi connectivity index (χ1v) is 6.47. The molecule has 2 rings (SSSR count). The molecule has 6 heteroatoms. The lowest BCUT2D eigenvalue weighted by Gasteiger charge is -2.10. The lowest BCUT2D eigenvalue weighted by Crippen LogP contribution is -2.14. The van der Waals surface area contributed by atoms with Gasteiger partial charge in [0.15, 0.2) is 0 Å². The van der Waals surface area contributed by atoms with E-state index in [1.165, 1.54) is 12.1 Å². The predicted octanol–water partition coefficient (Wildman–Crippen LogP) is 2.48.